The van der Waals surface area contributed by atoms with Gasteiger partial charge in [-0.05, 0) is 32.4 Å². The largest absolute Gasteiger partial charge is 0.377 e. The van der Waals surface area contributed by atoms with Crippen LogP contribution in [0.5, 0.6) is 0 Å². The molecule has 1 unspecified atom stereocenters. The second-order valence-corrected chi connectivity index (χ2v) is 4.25. The van der Waals surface area contributed by atoms with E-state index >= 15 is 0 Å². The van der Waals surface area contributed by atoms with Gasteiger partial charge in [-0.2, -0.15) is 0 Å². The third-order valence-corrected chi connectivity index (χ3v) is 2.25. The lowest BCUT2D eigenvalue weighted by atomic mass is 10.1. The lowest BCUT2D eigenvalue weighted by Gasteiger charge is -2.30. The highest BCUT2D eigenvalue weighted by Gasteiger charge is 2.17. The molecule has 12 heavy (non-hydrogen) atoms. The van der Waals surface area contributed by atoms with E-state index in [1.165, 1.54) is 19.4 Å². The topological polar surface area (TPSA) is 12.5 Å². The Kier molecular flexibility index (Phi) is 4.02. The lowest BCUT2D eigenvalue weighted by molar-refractivity contribution is -0.00551. The maximum atomic E-state index is 5.77. The van der Waals surface area contributed by atoms with E-state index in [0.29, 0.717) is 12.0 Å². The van der Waals surface area contributed by atoms with Crippen LogP contribution >= 0.6 is 0 Å². The minimum atomic E-state index is 0.492. The molecule has 0 spiro atoms. The van der Waals surface area contributed by atoms with E-state index in [1.807, 2.05) is 0 Å². The van der Waals surface area contributed by atoms with E-state index in [9.17, 15) is 0 Å². The number of ether oxygens (including phenoxy) is 1. The third-order valence-electron chi connectivity index (χ3n) is 2.25. The quantitative estimate of drug-likeness (QED) is 0.641. The van der Waals surface area contributed by atoms with Crippen molar-refractivity contribution in [1.29, 1.82) is 0 Å². The molecule has 1 saturated heterocycles. The van der Waals surface area contributed by atoms with E-state index in [4.69, 9.17) is 4.74 Å². The van der Waals surface area contributed by atoms with Gasteiger partial charge in [-0.3, -0.25) is 0 Å². The summed E-state index contributed by atoms with van der Waals surface area (Å²) >= 11 is 0. The van der Waals surface area contributed by atoms with Crippen molar-refractivity contribution < 1.29 is 4.74 Å². The highest BCUT2D eigenvalue weighted by atomic mass is 16.5. The maximum Gasteiger partial charge on any atom is 0.0702 e. The zero-order chi connectivity index (χ0) is 8.97. The molecule has 1 rings (SSSR count). The molecule has 0 aromatic heterocycles. The average Bonchev–Trinajstić information content (AvgIpc) is 2.01. The van der Waals surface area contributed by atoms with Gasteiger partial charge in [-0.15, -0.1) is 0 Å². The van der Waals surface area contributed by atoms with Crippen molar-refractivity contribution in [2.75, 3.05) is 26.7 Å². The maximum absolute atomic E-state index is 5.77. The Hall–Kier alpha value is -0.0800. The second kappa shape index (κ2) is 4.83. The van der Waals surface area contributed by atoms with Crippen molar-refractivity contribution in [1.82, 2.24) is 4.90 Å². The smallest absolute Gasteiger partial charge is 0.0702 e. The first-order valence-corrected chi connectivity index (χ1v) is 4.98. The predicted octanol–water partition coefficient (Wildman–Crippen LogP) is 1.75. The summed E-state index contributed by atoms with van der Waals surface area (Å²) < 4.78 is 5.77. The summed E-state index contributed by atoms with van der Waals surface area (Å²) in [4.78, 5) is 2.36. The van der Waals surface area contributed by atoms with Crippen molar-refractivity contribution in [3.8, 4) is 0 Å². The van der Waals surface area contributed by atoms with Crippen molar-refractivity contribution in [2.24, 2.45) is 5.92 Å². The SMILES string of the molecule is CC(C)COC1CCCN(C)C1. The highest BCUT2D eigenvalue weighted by molar-refractivity contribution is 4.70. The molecule has 2 nitrogen and oxygen atoms in total. The van der Waals surface area contributed by atoms with Gasteiger partial charge < -0.3 is 9.64 Å². The molecule has 0 N–H and O–H groups in total. The summed E-state index contributed by atoms with van der Waals surface area (Å²) in [6.07, 6.45) is 3.03. The molecule has 2 heteroatoms. The molecular weight excluding hydrogens is 150 g/mol. The highest BCUT2D eigenvalue weighted by Crippen LogP contribution is 2.12. The summed E-state index contributed by atoms with van der Waals surface area (Å²) in [5.74, 6) is 0.664. The van der Waals surface area contributed by atoms with Crippen LogP contribution in [0.25, 0.3) is 0 Å². The van der Waals surface area contributed by atoms with Crippen LogP contribution in [0.2, 0.25) is 0 Å². The number of rotatable bonds is 3. The number of hydrogen-bond donors (Lipinski definition) is 0. The molecule has 0 bridgehead atoms. The first-order valence-electron chi connectivity index (χ1n) is 4.98. The van der Waals surface area contributed by atoms with Gasteiger partial charge in [0.05, 0.1) is 6.10 Å². The van der Waals surface area contributed by atoms with Crippen LogP contribution in [0.1, 0.15) is 26.7 Å². The summed E-state index contributed by atoms with van der Waals surface area (Å²) in [5.41, 5.74) is 0. The van der Waals surface area contributed by atoms with Gasteiger partial charge in [0.25, 0.3) is 0 Å². The van der Waals surface area contributed by atoms with Gasteiger partial charge in [0.15, 0.2) is 0 Å². The Labute approximate surface area is 75.9 Å². The summed E-state index contributed by atoms with van der Waals surface area (Å²) in [6.45, 7) is 7.67. The minimum absolute atomic E-state index is 0.492. The fraction of sp³-hybridized carbons (Fsp3) is 1.00. The molecule has 72 valence electrons. The molecule has 1 atom stereocenters. The fourth-order valence-electron chi connectivity index (χ4n) is 1.58. The van der Waals surface area contributed by atoms with Crippen molar-refractivity contribution in [3.63, 3.8) is 0 Å². The van der Waals surface area contributed by atoms with E-state index in [1.54, 1.807) is 0 Å². The number of hydrogen-bond acceptors (Lipinski definition) is 2. The molecule has 0 aromatic rings. The molecule has 1 aliphatic rings. The monoisotopic (exact) mass is 171 g/mol. The van der Waals surface area contributed by atoms with Crippen LogP contribution in [-0.2, 0) is 4.74 Å². The van der Waals surface area contributed by atoms with Crippen molar-refractivity contribution >= 4 is 0 Å². The van der Waals surface area contributed by atoms with Gasteiger partial charge in [0, 0.05) is 13.2 Å². The molecule has 0 saturated carbocycles. The number of likely N-dealkylation sites (tertiary alicyclic amines) is 1. The summed E-state index contributed by atoms with van der Waals surface area (Å²) in [7, 11) is 2.17. The van der Waals surface area contributed by atoms with Gasteiger partial charge in [-0.1, -0.05) is 13.8 Å². The lowest BCUT2D eigenvalue weighted by Crippen LogP contribution is -2.37. The van der Waals surface area contributed by atoms with Crippen LogP contribution in [-0.4, -0.2) is 37.7 Å². The van der Waals surface area contributed by atoms with Crippen molar-refractivity contribution in [3.05, 3.63) is 0 Å². The van der Waals surface area contributed by atoms with Gasteiger partial charge >= 0.3 is 0 Å². The van der Waals surface area contributed by atoms with Crippen LogP contribution in [0.4, 0.5) is 0 Å². The molecule has 1 fully saturated rings. The Balaban J connectivity index is 2.14. The predicted molar refractivity (Wildman–Crippen MR) is 51.3 cm³/mol. The zero-order valence-corrected chi connectivity index (χ0v) is 8.55. The van der Waals surface area contributed by atoms with Gasteiger partial charge in [-0.25, -0.2) is 0 Å². The fourth-order valence-corrected chi connectivity index (χ4v) is 1.58. The molecule has 1 heterocycles. The van der Waals surface area contributed by atoms with Gasteiger partial charge in [0.2, 0.25) is 0 Å². The van der Waals surface area contributed by atoms with E-state index in [0.717, 1.165) is 13.2 Å². The Morgan fingerprint density at radius 3 is 2.83 bits per heavy atom. The summed E-state index contributed by atoms with van der Waals surface area (Å²) in [5, 5.41) is 0. The van der Waals surface area contributed by atoms with Crippen LogP contribution in [0, 0.1) is 5.92 Å². The third kappa shape index (κ3) is 3.55. The standard InChI is InChI=1S/C10H21NO/c1-9(2)8-12-10-5-4-6-11(3)7-10/h9-10H,4-8H2,1-3H3. The normalized spacial score (nSPS) is 26.5. The number of likely N-dealkylation sites (N-methyl/N-ethyl adjacent to an activating group) is 1. The van der Waals surface area contributed by atoms with Gasteiger partial charge in [0.1, 0.15) is 0 Å². The first kappa shape index (κ1) is 10.0. The zero-order valence-electron chi connectivity index (χ0n) is 8.55. The molecule has 0 aromatic carbocycles. The Bertz CT molecular complexity index is 125. The number of nitrogens with zero attached hydrogens (tertiary/aromatic N) is 1. The minimum Gasteiger partial charge on any atom is -0.377 e. The Morgan fingerprint density at radius 2 is 2.25 bits per heavy atom. The molecule has 1 aliphatic heterocycles. The number of piperidine rings is 1. The molecule has 0 radical (unpaired) electrons. The first-order chi connectivity index (χ1) is 5.68. The Morgan fingerprint density at radius 1 is 1.50 bits per heavy atom. The molecular formula is C10H21NO. The molecule has 0 amide bonds. The molecule has 0 aliphatic carbocycles. The van der Waals surface area contributed by atoms with Crippen molar-refractivity contribution in [2.45, 2.75) is 32.8 Å². The van der Waals surface area contributed by atoms with E-state index < -0.39 is 0 Å². The van der Waals surface area contributed by atoms with E-state index in [-0.39, 0.29) is 0 Å². The average molecular weight is 171 g/mol. The second-order valence-electron chi connectivity index (χ2n) is 4.25. The van der Waals surface area contributed by atoms with Crippen LogP contribution in [0.3, 0.4) is 0 Å². The van der Waals surface area contributed by atoms with Crippen LogP contribution in [0.15, 0.2) is 0 Å². The van der Waals surface area contributed by atoms with Crippen LogP contribution < -0.4 is 0 Å². The summed E-state index contributed by atoms with van der Waals surface area (Å²) in [6, 6.07) is 0. The van der Waals surface area contributed by atoms with E-state index in [2.05, 4.69) is 25.8 Å².